The molecule has 4 heterocycles. The average Bonchev–Trinajstić information content (AvgIpc) is 4.22. The van der Waals surface area contributed by atoms with Gasteiger partial charge in [0, 0.05) is 77.0 Å². The fourth-order valence-corrected chi connectivity index (χ4v) is 12.7. The van der Waals surface area contributed by atoms with E-state index in [1.54, 1.807) is 0 Å². The molecule has 0 aliphatic heterocycles. The zero-order chi connectivity index (χ0) is 54.0. The third-order valence-corrected chi connectivity index (χ3v) is 16.4. The van der Waals surface area contributed by atoms with Gasteiger partial charge in [0.1, 0.15) is 22.3 Å². The molecule has 0 bridgehead atoms. The van der Waals surface area contributed by atoms with E-state index in [0.717, 1.165) is 143 Å². The Morgan fingerprint density at radius 2 is 0.720 bits per heavy atom. The van der Waals surface area contributed by atoms with E-state index in [9.17, 15) is 5.26 Å². The van der Waals surface area contributed by atoms with Crippen molar-refractivity contribution >= 4 is 143 Å². The van der Waals surface area contributed by atoms with Gasteiger partial charge in [-0.25, -0.2) is 0 Å². The molecule has 382 valence electrons. The maximum absolute atomic E-state index is 10.9. The Morgan fingerprint density at radius 3 is 1.22 bits per heavy atom. The van der Waals surface area contributed by atoms with Crippen LogP contribution in [0.25, 0.3) is 132 Å². The van der Waals surface area contributed by atoms with Gasteiger partial charge in [0.25, 0.3) is 0 Å². The summed E-state index contributed by atoms with van der Waals surface area (Å²) in [4.78, 5) is 4.52. The van der Waals surface area contributed by atoms with Crippen LogP contribution in [0.5, 0.6) is 0 Å². The standard InChI is InChI=1S/C75H43N3O4/c76-44-51-41-63-62-39-47-33-35-54(77(52-21-9-3-10-22-52)65-31-15-29-60-58-27-13-25-56(70(58)81-72(60)65)45-17-5-1-6-18-45)37-49(47)42-67(62)79-74(63)75-69(51)64-40-48-34-36-55(38-50(48)43-68(64)80-75)78(53-23-11-4-12-24-53)66-32-16-30-61-59-28-14-26-57(71(59)82-73(61)66)46-19-7-2-8-20-46/h1-43H. The van der Waals surface area contributed by atoms with Crippen molar-refractivity contribution in [3.8, 4) is 28.3 Å². The van der Waals surface area contributed by atoms with Gasteiger partial charge in [-0.05, 0) is 124 Å². The fraction of sp³-hybridized carbons (Fsp3) is 0. The van der Waals surface area contributed by atoms with Gasteiger partial charge < -0.3 is 27.5 Å². The molecule has 4 aromatic heterocycles. The van der Waals surface area contributed by atoms with E-state index in [2.05, 4.69) is 246 Å². The first-order chi connectivity index (χ1) is 40.6. The van der Waals surface area contributed by atoms with Crippen molar-refractivity contribution in [2.75, 3.05) is 9.80 Å². The molecule has 0 radical (unpaired) electrons. The molecular weight excluding hydrogens is 1010 g/mol. The fourth-order valence-electron chi connectivity index (χ4n) is 12.7. The van der Waals surface area contributed by atoms with Gasteiger partial charge >= 0.3 is 0 Å². The van der Waals surface area contributed by atoms with Crippen molar-refractivity contribution in [3.63, 3.8) is 0 Å². The van der Waals surface area contributed by atoms with Gasteiger partial charge in [-0.3, -0.25) is 0 Å². The second kappa shape index (κ2) is 17.8. The molecule has 0 atom stereocenters. The maximum Gasteiger partial charge on any atom is 0.179 e. The summed E-state index contributed by atoms with van der Waals surface area (Å²) in [5.41, 5.74) is 16.4. The lowest BCUT2D eigenvalue weighted by Crippen LogP contribution is -2.10. The number of rotatable bonds is 8. The highest BCUT2D eigenvalue weighted by Gasteiger charge is 2.26. The first kappa shape index (κ1) is 45.7. The lowest BCUT2D eigenvalue weighted by atomic mass is 10.00. The van der Waals surface area contributed by atoms with Gasteiger partial charge in [-0.15, -0.1) is 0 Å². The number of hydrogen-bond acceptors (Lipinski definition) is 7. The smallest absolute Gasteiger partial charge is 0.179 e. The van der Waals surface area contributed by atoms with Crippen LogP contribution < -0.4 is 9.80 Å². The van der Waals surface area contributed by atoms with Crippen LogP contribution in [0.1, 0.15) is 5.56 Å². The average molecular weight is 1050 g/mol. The lowest BCUT2D eigenvalue weighted by molar-refractivity contribution is 0.634. The Morgan fingerprint density at radius 1 is 0.280 bits per heavy atom. The molecule has 0 spiro atoms. The molecule has 82 heavy (non-hydrogen) atoms. The Labute approximate surface area is 468 Å². The zero-order valence-electron chi connectivity index (χ0n) is 43.8. The highest BCUT2D eigenvalue weighted by molar-refractivity contribution is 6.24. The topological polar surface area (TPSA) is 82.8 Å². The number of fused-ring (bicyclic) bond motifs is 15. The van der Waals surface area contributed by atoms with E-state index < -0.39 is 0 Å². The Hall–Kier alpha value is -11.3. The summed E-state index contributed by atoms with van der Waals surface area (Å²) in [7, 11) is 0. The van der Waals surface area contributed by atoms with Crippen LogP contribution in [0, 0.1) is 11.3 Å². The van der Waals surface area contributed by atoms with Gasteiger partial charge in [-0.1, -0.05) is 170 Å². The number of furan rings is 4. The van der Waals surface area contributed by atoms with E-state index in [0.29, 0.717) is 27.9 Å². The number of para-hydroxylation sites is 6. The van der Waals surface area contributed by atoms with Crippen LogP contribution in [-0.2, 0) is 0 Å². The van der Waals surface area contributed by atoms with Crippen molar-refractivity contribution < 1.29 is 17.7 Å². The molecule has 0 fully saturated rings. The molecule has 0 N–H and O–H groups in total. The monoisotopic (exact) mass is 1050 g/mol. The molecule has 17 aromatic rings. The largest absolute Gasteiger partial charge is 0.453 e. The molecule has 0 saturated carbocycles. The molecule has 0 amide bonds. The summed E-state index contributed by atoms with van der Waals surface area (Å²) in [6, 6.07) is 93.1. The van der Waals surface area contributed by atoms with E-state index in [1.165, 1.54) is 0 Å². The predicted molar refractivity (Wildman–Crippen MR) is 336 cm³/mol. The minimum atomic E-state index is 0.522. The molecule has 17 rings (SSSR count). The molecule has 0 aliphatic rings. The number of hydrogen-bond donors (Lipinski definition) is 0. The summed E-state index contributed by atoms with van der Waals surface area (Å²) < 4.78 is 27.7. The Balaban J connectivity index is 0.792. The van der Waals surface area contributed by atoms with Gasteiger partial charge in [0.2, 0.25) is 0 Å². The van der Waals surface area contributed by atoms with Crippen molar-refractivity contribution in [1.29, 1.82) is 5.26 Å². The van der Waals surface area contributed by atoms with E-state index >= 15 is 0 Å². The number of nitriles is 1. The van der Waals surface area contributed by atoms with Crippen LogP contribution in [0.2, 0.25) is 0 Å². The molecule has 0 aliphatic carbocycles. The van der Waals surface area contributed by atoms with E-state index in [1.807, 2.05) is 30.3 Å². The third-order valence-electron chi connectivity index (χ3n) is 16.4. The summed E-state index contributed by atoms with van der Waals surface area (Å²) >= 11 is 0. The summed E-state index contributed by atoms with van der Waals surface area (Å²) in [5.74, 6) is 0. The van der Waals surface area contributed by atoms with Crippen molar-refractivity contribution in [2.24, 2.45) is 0 Å². The highest BCUT2D eigenvalue weighted by Crippen LogP contribution is 2.49. The van der Waals surface area contributed by atoms with E-state index in [4.69, 9.17) is 17.7 Å². The van der Waals surface area contributed by atoms with Gasteiger partial charge in [-0.2, -0.15) is 5.26 Å². The Bertz CT molecular complexity index is 5480. The second-order valence-corrected chi connectivity index (χ2v) is 21.0. The van der Waals surface area contributed by atoms with Crippen molar-refractivity contribution in [2.45, 2.75) is 0 Å². The summed E-state index contributed by atoms with van der Waals surface area (Å²) in [6.07, 6.45) is 0. The normalized spacial score (nSPS) is 11.9. The van der Waals surface area contributed by atoms with Crippen LogP contribution in [0.4, 0.5) is 34.1 Å². The quantitative estimate of drug-likeness (QED) is 0.150. The molecule has 7 heteroatoms. The molecule has 0 unspecified atom stereocenters. The first-order valence-corrected chi connectivity index (χ1v) is 27.4. The van der Waals surface area contributed by atoms with Gasteiger partial charge in [0.15, 0.2) is 22.3 Å². The van der Waals surface area contributed by atoms with Crippen LogP contribution >= 0.6 is 0 Å². The Kier molecular flexibility index (Phi) is 9.94. The first-order valence-electron chi connectivity index (χ1n) is 27.4. The minimum absolute atomic E-state index is 0.522. The summed E-state index contributed by atoms with van der Waals surface area (Å²) in [5, 5.41) is 22.4. The lowest BCUT2D eigenvalue weighted by Gasteiger charge is -2.25. The number of nitrogens with zero attached hydrogens (tertiary/aromatic N) is 3. The third kappa shape index (κ3) is 6.95. The number of anilines is 6. The molecule has 7 nitrogen and oxygen atoms in total. The molecular formula is C75H43N3O4. The highest BCUT2D eigenvalue weighted by atomic mass is 16.4. The maximum atomic E-state index is 10.9. The molecule has 0 saturated heterocycles. The van der Waals surface area contributed by atoms with Crippen molar-refractivity contribution in [1.82, 2.24) is 0 Å². The zero-order valence-corrected chi connectivity index (χ0v) is 43.8. The van der Waals surface area contributed by atoms with Crippen LogP contribution in [0.3, 0.4) is 0 Å². The predicted octanol–water partition coefficient (Wildman–Crippen LogP) is 21.7. The minimum Gasteiger partial charge on any atom is -0.453 e. The second-order valence-electron chi connectivity index (χ2n) is 21.0. The molecule has 13 aromatic carbocycles. The summed E-state index contributed by atoms with van der Waals surface area (Å²) in [6.45, 7) is 0. The SMILES string of the molecule is N#Cc1cc2c3cc4ccc(N(c5ccccc5)c5cccc6c5oc5c(-c7ccccc7)cccc56)cc4cc3oc2c2oc3cc4cc(N(c5ccccc5)c5cccc6c5oc5c(-c7ccccc7)cccc56)ccc4cc3c12. The van der Waals surface area contributed by atoms with E-state index in [-0.39, 0.29) is 0 Å². The number of benzene rings is 13. The van der Waals surface area contributed by atoms with Crippen LogP contribution in [-0.4, -0.2) is 0 Å². The van der Waals surface area contributed by atoms with Gasteiger partial charge in [0.05, 0.1) is 23.0 Å². The van der Waals surface area contributed by atoms with Crippen molar-refractivity contribution in [3.05, 3.63) is 266 Å². The van der Waals surface area contributed by atoms with Crippen LogP contribution in [0.15, 0.2) is 279 Å².